The molecule has 0 heterocycles. The van der Waals surface area contributed by atoms with Crippen molar-refractivity contribution in [3.8, 4) is 0 Å². The minimum atomic E-state index is -0.886. The Bertz CT molecular complexity index is 419. The summed E-state index contributed by atoms with van der Waals surface area (Å²) in [7, 11) is 1.17. The summed E-state index contributed by atoms with van der Waals surface area (Å²) >= 11 is 0. The minimum Gasteiger partial charge on any atom is -0.463 e. The Morgan fingerprint density at radius 3 is 2.40 bits per heavy atom. The van der Waals surface area contributed by atoms with Gasteiger partial charge in [-0.15, -0.1) is 0 Å². The lowest BCUT2D eigenvalue weighted by Crippen LogP contribution is -2.16. The van der Waals surface area contributed by atoms with Gasteiger partial charge in [-0.1, -0.05) is 30.8 Å². The molecule has 0 bridgehead atoms. The largest absolute Gasteiger partial charge is 0.463 e. The van der Waals surface area contributed by atoms with Crippen molar-refractivity contribution in [1.82, 2.24) is 0 Å². The molecule has 0 amide bonds. The molecule has 1 rings (SSSR count). The van der Waals surface area contributed by atoms with Crippen molar-refractivity contribution in [3.63, 3.8) is 0 Å². The van der Waals surface area contributed by atoms with Crippen molar-refractivity contribution in [3.05, 3.63) is 42.0 Å². The van der Waals surface area contributed by atoms with Crippen molar-refractivity contribution in [1.29, 1.82) is 0 Å². The molecule has 15 heavy (non-hydrogen) atoms. The molecule has 0 aliphatic rings. The van der Waals surface area contributed by atoms with E-state index in [4.69, 9.17) is 0 Å². The van der Waals surface area contributed by atoms with Crippen molar-refractivity contribution in [2.24, 2.45) is 0 Å². The first-order chi connectivity index (χ1) is 7.07. The van der Waals surface area contributed by atoms with E-state index in [2.05, 4.69) is 11.3 Å². The van der Waals surface area contributed by atoms with Crippen LogP contribution in [0, 0.1) is 6.92 Å². The highest BCUT2D eigenvalue weighted by molar-refractivity contribution is 6.51. The molecular weight excluding hydrogens is 192 g/mol. The Morgan fingerprint density at radius 2 is 1.87 bits per heavy atom. The van der Waals surface area contributed by atoms with Gasteiger partial charge in [-0.3, -0.25) is 4.79 Å². The lowest BCUT2D eigenvalue weighted by Gasteiger charge is -2.06. The van der Waals surface area contributed by atoms with Crippen LogP contribution in [0.5, 0.6) is 0 Å². The smallest absolute Gasteiger partial charge is 0.379 e. The van der Waals surface area contributed by atoms with E-state index in [-0.39, 0.29) is 5.57 Å². The predicted octanol–water partition coefficient (Wildman–Crippen LogP) is 1.75. The van der Waals surface area contributed by atoms with Crippen molar-refractivity contribution in [2.45, 2.75) is 6.92 Å². The van der Waals surface area contributed by atoms with Gasteiger partial charge >= 0.3 is 5.97 Å². The molecule has 0 aromatic heterocycles. The fraction of sp³-hybridized carbons (Fsp3) is 0.167. The summed E-state index contributed by atoms with van der Waals surface area (Å²) in [5, 5.41) is 0. The van der Waals surface area contributed by atoms with Crippen LogP contribution in [0.15, 0.2) is 30.8 Å². The summed E-state index contributed by atoms with van der Waals surface area (Å²) in [4.78, 5) is 22.5. The molecule has 3 heteroatoms. The third-order valence-electron chi connectivity index (χ3n) is 2.12. The van der Waals surface area contributed by atoms with E-state index in [1.807, 2.05) is 19.1 Å². The van der Waals surface area contributed by atoms with Gasteiger partial charge in [0.1, 0.15) is 0 Å². The summed E-state index contributed by atoms with van der Waals surface area (Å²) in [5.74, 6) is -1.59. The topological polar surface area (TPSA) is 43.4 Å². The Balaban J connectivity index is 3.01. The summed E-state index contributed by atoms with van der Waals surface area (Å²) in [5.41, 5.74) is 1.74. The third-order valence-corrected chi connectivity index (χ3v) is 2.12. The molecule has 3 nitrogen and oxygen atoms in total. The van der Waals surface area contributed by atoms with Crippen LogP contribution in [-0.2, 0) is 14.3 Å². The third kappa shape index (κ3) is 2.31. The maximum atomic E-state index is 11.5. The first-order valence-electron chi connectivity index (χ1n) is 4.45. The van der Waals surface area contributed by atoms with Crippen molar-refractivity contribution < 1.29 is 14.3 Å². The Kier molecular flexibility index (Phi) is 3.39. The highest BCUT2D eigenvalue weighted by Gasteiger charge is 2.19. The number of carbonyl (C=O) groups is 2. The zero-order valence-electron chi connectivity index (χ0n) is 8.74. The van der Waals surface area contributed by atoms with Gasteiger partial charge in [-0.25, -0.2) is 4.79 Å². The summed E-state index contributed by atoms with van der Waals surface area (Å²) in [6, 6.07) is 7.25. The number of hydrogen-bond donors (Lipinski definition) is 0. The molecule has 0 saturated heterocycles. The van der Waals surface area contributed by atoms with E-state index in [1.165, 1.54) is 7.11 Å². The maximum absolute atomic E-state index is 11.5. The fourth-order valence-corrected chi connectivity index (χ4v) is 1.25. The van der Waals surface area contributed by atoms with Crippen LogP contribution >= 0.6 is 0 Å². The van der Waals surface area contributed by atoms with E-state index in [9.17, 15) is 9.59 Å². The van der Waals surface area contributed by atoms with Crippen LogP contribution in [0.25, 0.3) is 5.57 Å². The van der Waals surface area contributed by atoms with Crippen LogP contribution in [0.4, 0.5) is 0 Å². The van der Waals surface area contributed by atoms with Crippen LogP contribution in [0.2, 0.25) is 0 Å². The summed E-state index contributed by atoms with van der Waals surface area (Å²) in [6.07, 6.45) is 0. The zero-order chi connectivity index (χ0) is 11.4. The molecule has 0 spiro atoms. The molecule has 0 atom stereocenters. The monoisotopic (exact) mass is 204 g/mol. The molecule has 0 N–H and O–H groups in total. The highest BCUT2D eigenvalue weighted by atomic mass is 16.5. The number of carbonyl (C=O) groups excluding carboxylic acids is 2. The second kappa shape index (κ2) is 4.55. The lowest BCUT2D eigenvalue weighted by molar-refractivity contribution is -0.148. The molecule has 0 aliphatic carbocycles. The second-order valence-corrected chi connectivity index (χ2v) is 3.11. The number of methoxy groups -OCH3 is 1. The molecule has 1 aromatic carbocycles. The van der Waals surface area contributed by atoms with Gasteiger partial charge in [-0.2, -0.15) is 0 Å². The molecule has 78 valence electrons. The van der Waals surface area contributed by atoms with E-state index in [0.717, 1.165) is 5.56 Å². The standard InChI is InChI=1S/C12H12O3/c1-8-6-4-5-7-10(8)9(2)11(13)12(14)15-3/h4-7H,2H2,1,3H3. The first-order valence-corrected chi connectivity index (χ1v) is 4.45. The normalized spacial score (nSPS) is 9.47. The number of rotatable bonds is 3. The summed E-state index contributed by atoms with van der Waals surface area (Å²) in [6.45, 7) is 5.46. The number of ether oxygens (including phenoxy) is 1. The van der Waals surface area contributed by atoms with E-state index in [0.29, 0.717) is 5.56 Å². The number of aryl methyl sites for hydroxylation is 1. The number of benzene rings is 1. The number of ketones is 1. The zero-order valence-corrected chi connectivity index (χ0v) is 8.74. The molecule has 0 radical (unpaired) electrons. The molecular formula is C12H12O3. The Hall–Kier alpha value is -1.90. The van der Waals surface area contributed by atoms with Gasteiger partial charge in [0.15, 0.2) is 0 Å². The number of Topliss-reactive ketones (excluding diaryl/α,β-unsaturated/α-hetero) is 1. The molecule has 0 aliphatic heterocycles. The van der Waals surface area contributed by atoms with Gasteiger partial charge < -0.3 is 4.74 Å². The summed E-state index contributed by atoms with van der Waals surface area (Å²) < 4.78 is 4.35. The van der Waals surface area contributed by atoms with E-state index >= 15 is 0 Å². The average molecular weight is 204 g/mol. The van der Waals surface area contributed by atoms with Crippen molar-refractivity contribution >= 4 is 17.3 Å². The number of hydrogen-bond acceptors (Lipinski definition) is 3. The van der Waals surface area contributed by atoms with E-state index in [1.54, 1.807) is 12.1 Å². The Labute approximate surface area is 88.4 Å². The lowest BCUT2D eigenvalue weighted by atomic mass is 9.99. The molecule has 0 fully saturated rings. The molecule has 0 saturated carbocycles. The Morgan fingerprint density at radius 1 is 1.27 bits per heavy atom. The maximum Gasteiger partial charge on any atom is 0.379 e. The van der Waals surface area contributed by atoms with E-state index < -0.39 is 11.8 Å². The van der Waals surface area contributed by atoms with Gasteiger partial charge in [0.25, 0.3) is 5.78 Å². The van der Waals surface area contributed by atoms with Gasteiger partial charge in [0, 0.05) is 5.57 Å². The fourth-order valence-electron chi connectivity index (χ4n) is 1.25. The van der Waals surface area contributed by atoms with Gasteiger partial charge in [-0.05, 0) is 18.1 Å². The van der Waals surface area contributed by atoms with Crippen LogP contribution in [0.1, 0.15) is 11.1 Å². The minimum absolute atomic E-state index is 0.167. The quantitative estimate of drug-likeness (QED) is 0.428. The van der Waals surface area contributed by atoms with Crippen LogP contribution < -0.4 is 0 Å². The average Bonchev–Trinajstić information content (AvgIpc) is 2.26. The van der Waals surface area contributed by atoms with Gasteiger partial charge in [0.05, 0.1) is 7.11 Å². The predicted molar refractivity (Wildman–Crippen MR) is 57.2 cm³/mol. The van der Waals surface area contributed by atoms with Crippen LogP contribution in [-0.4, -0.2) is 18.9 Å². The first kappa shape index (κ1) is 11.2. The molecule has 1 aromatic rings. The van der Waals surface area contributed by atoms with Crippen LogP contribution in [0.3, 0.4) is 0 Å². The SMILES string of the molecule is C=C(C(=O)C(=O)OC)c1ccccc1C. The van der Waals surface area contributed by atoms with Crippen molar-refractivity contribution in [2.75, 3.05) is 7.11 Å². The second-order valence-electron chi connectivity index (χ2n) is 3.11. The number of esters is 1. The highest BCUT2D eigenvalue weighted by Crippen LogP contribution is 2.17. The molecule has 0 unspecified atom stereocenters. The van der Waals surface area contributed by atoms with Gasteiger partial charge in [0.2, 0.25) is 0 Å².